The Hall–Kier alpha value is -2.04. The van der Waals surface area contributed by atoms with E-state index in [0.717, 1.165) is 61.3 Å². The second kappa shape index (κ2) is 6.00. The topological polar surface area (TPSA) is 59.9 Å². The van der Waals surface area contributed by atoms with Crippen LogP contribution >= 0.6 is 0 Å². The Labute approximate surface area is 154 Å². The smallest absolute Gasteiger partial charge is 0.243 e. The van der Waals surface area contributed by atoms with Crippen molar-refractivity contribution in [2.24, 2.45) is 16.9 Å². The van der Waals surface area contributed by atoms with E-state index in [1.807, 2.05) is 6.07 Å². The minimum Gasteiger partial charge on any atom is -0.493 e. The summed E-state index contributed by atoms with van der Waals surface area (Å²) in [5.74, 6) is 2.10. The zero-order chi connectivity index (χ0) is 17.7. The second-order valence-electron chi connectivity index (χ2n) is 8.26. The van der Waals surface area contributed by atoms with Crippen molar-refractivity contribution in [3.8, 4) is 11.5 Å². The van der Waals surface area contributed by atoms with E-state index < -0.39 is 0 Å². The Morgan fingerprint density at radius 3 is 2.69 bits per heavy atom. The molecule has 5 rings (SSSR count). The summed E-state index contributed by atoms with van der Waals surface area (Å²) in [5.41, 5.74) is 6.16. The van der Waals surface area contributed by atoms with Crippen LogP contribution in [-0.4, -0.2) is 24.3 Å². The number of hydrogen-bond acceptors (Lipinski definition) is 4. The molecule has 1 N–H and O–H groups in total. The van der Waals surface area contributed by atoms with Crippen molar-refractivity contribution < 1.29 is 14.3 Å². The predicted octanol–water partition coefficient (Wildman–Crippen LogP) is 3.58. The van der Waals surface area contributed by atoms with Gasteiger partial charge in [0.15, 0.2) is 11.5 Å². The molecule has 2 atom stereocenters. The number of hydrazone groups is 1. The highest BCUT2D eigenvalue weighted by Crippen LogP contribution is 2.50. The molecule has 4 aliphatic rings. The monoisotopic (exact) mass is 354 g/mol. The van der Waals surface area contributed by atoms with E-state index in [-0.39, 0.29) is 23.3 Å². The molecule has 1 aromatic carbocycles. The molecule has 2 saturated carbocycles. The van der Waals surface area contributed by atoms with Gasteiger partial charge in [-0.2, -0.15) is 5.10 Å². The van der Waals surface area contributed by atoms with Gasteiger partial charge in [0.05, 0.1) is 12.8 Å². The van der Waals surface area contributed by atoms with Crippen molar-refractivity contribution in [2.45, 2.75) is 63.4 Å². The summed E-state index contributed by atoms with van der Waals surface area (Å²) >= 11 is 0. The quantitative estimate of drug-likeness (QED) is 0.883. The van der Waals surface area contributed by atoms with Crippen molar-refractivity contribution in [2.75, 3.05) is 7.11 Å². The van der Waals surface area contributed by atoms with E-state index in [1.165, 1.54) is 24.8 Å². The lowest BCUT2D eigenvalue weighted by atomic mass is 9.73. The van der Waals surface area contributed by atoms with Gasteiger partial charge in [-0.05, 0) is 50.7 Å². The van der Waals surface area contributed by atoms with Crippen molar-refractivity contribution in [3.05, 3.63) is 23.3 Å². The van der Waals surface area contributed by atoms with Gasteiger partial charge in [-0.15, -0.1) is 0 Å². The van der Waals surface area contributed by atoms with Crippen LogP contribution in [0.2, 0.25) is 0 Å². The fourth-order valence-corrected chi connectivity index (χ4v) is 5.48. The van der Waals surface area contributed by atoms with Crippen molar-refractivity contribution in [1.29, 1.82) is 0 Å². The van der Waals surface area contributed by atoms with Gasteiger partial charge in [0.1, 0.15) is 5.60 Å². The molecule has 5 heteroatoms. The molecule has 26 heavy (non-hydrogen) atoms. The largest absolute Gasteiger partial charge is 0.493 e. The maximum atomic E-state index is 12.3. The normalized spacial score (nSPS) is 28.8. The van der Waals surface area contributed by atoms with Crippen LogP contribution in [0.3, 0.4) is 0 Å². The Morgan fingerprint density at radius 1 is 1.15 bits per heavy atom. The van der Waals surface area contributed by atoms with Crippen LogP contribution in [0.4, 0.5) is 0 Å². The number of nitrogens with one attached hydrogen (secondary N) is 1. The average molecular weight is 354 g/mol. The first-order valence-corrected chi connectivity index (χ1v) is 9.97. The maximum Gasteiger partial charge on any atom is 0.243 e. The molecule has 2 aliphatic heterocycles. The number of hydrogen-bond donors (Lipinski definition) is 1. The van der Waals surface area contributed by atoms with Crippen LogP contribution in [0, 0.1) is 11.8 Å². The van der Waals surface area contributed by atoms with Gasteiger partial charge in [-0.3, -0.25) is 4.79 Å². The molecular formula is C21H26N2O3. The lowest BCUT2D eigenvalue weighted by Crippen LogP contribution is -2.44. The van der Waals surface area contributed by atoms with Crippen LogP contribution in [-0.2, 0) is 11.2 Å². The van der Waals surface area contributed by atoms with Gasteiger partial charge < -0.3 is 9.47 Å². The number of fused-ring (bicyclic) bond motifs is 2. The number of amides is 1. The molecule has 2 aliphatic carbocycles. The molecular weight excluding hydrogens is 328 g/mol. The third kappa shape index (κ3) is 2.36. The fourth-order valence-electron chi connectivity index (χ4n) is 5.48. The minimum absolute atomic E-state index is 0.0594. The predicted molar refractivity (Wildman–Crippen MR) is 98.7 cm³/mol. The maximum absolute atomic E-state index is 12.3. The minimum atomic E-state index is -0.0594. The molecule has 138 valence electrons. The summed E-state index contributed by atoms with van der Waals surface area (Å²) in [7, 11) is 1.70. The number of methoxy groups -OCH3 is 1. The number of nitrogens with zero attached hydrogens (tertiary/aromatic N) is 1. The lowest BCUT2D eigenvalue weighted by Gasteiger charge is -2.34. The van der Waals surface area contributed by atoms with E-state index in [0.29, 0.717) is 0 Å². The summed E-state index contributed by atoms with van der Waals surface area (Å²) in [6.45, 7) is 0. The number of carbonyl (C=O) groups is 1. The third-order valence-corrected chi connectivity index (χ3v) is 6.79. The molecule has 1 aromatic rings. The highest BCUT2D eigenvalue weighted by Gasteiger charge is 2.46. The molecule has 2 heterocycles. The Balaban J connectivity index is 1.59. The summed E-state index contributed by atoms with van der Waals surface area (Å²) in [6.07, 6.45) is 9.93. The number of benzene rings is 1. The van der Waals surface area contributed by atoms with Crippen LogP contribution < -0.4 is 14.9 Å². The third-order valence-electron chi connectivity index (χ3n) is 6.79. The summed E-state index contributed by atoms with van der Waals surface area (Å²) in [6, 6.07) is 4.12. The van der Waals surface area contributed by atoms with Gasteiger partial charge in [0.2, 0.25) is 5.91 Å². The van der Waals surface area contributed by atoms with Crippen LogP contribution in [0.15, 0.2) is 17.2 Å². The molecule has 5 nitrogen and oxygen atoms in total. The van der Waals surface area contributed by atoms with Gasteiger partial charge in [0, 0.05) is 29.4 Å². The second-order valence-corrected chi connectivity index (χ2v) is 8.26. The first kappa shape index (κ1) is 16.2. The summed E-state index contributed by atoms with van der Waals surface area (Å²) in [4.78, 5) is 12.3. The van der Waals surface area contributed by atoms with Gasteiger partial charge in [-0.1, -0.05) is 12.8 Å². The van der Waals surface area contributed by atoms with E-state index >= 15 is 0 Å². The average Bonchev–Trinajstić information content (AvgIpc) is 3.28. The SMILES string of the molecule is COc1ccc(C2=NNC(=O)[C@H]3CCCC[C@@H]23)c2c1OC1(CCCC1)C2. The van der Waals surface area contributed by atoms with Gasteiger partial charge in [0.25, 0.3) is 0 Å². The first-order valence-electron chi connectivity index (χ1n) is 9.97. The zero-order valence-corrected chi connectivity index (χ0v) is 15.3. The van der Waals surface area contributed by atoms with Gasteiger partial charge >= 0.3 is 0 Å². The molecule has 0 unspecified atom stereocenters. The molecule has 2 fully saturated rings. The first-order chi connectivity index (χ1) is 12.7. The summed E-state index contributed by atoms with van der Waals surface area (Å²) < 4.78 is 12.1. The molecule has 1 spiro atoms. The van der Waals surface area contributed by atoms with Crippen molar-refractivity contribution in [3.63, 3.8) is 0 Å². The number of carbonyl (C=O) groups excluding carboxylic acids is 1. The molecule has 0 bridgehead atoms. The van der Waals surface area contributed by atoms with Crippen LogP contribution in [0.1, 0.15) is 62.5 Å². The molecule has 1 amide bonds. The fraction of sp³-hybridized carbons (Fsp3) is 0.619. The Morgan fingerprint density at radius 2 is 1.92 bits per heavy atom. The molecule has 0 aromatic heterocycles. The van der Waals surface area contributed by atoms with Crippen LogP contribution in [0.5, 0.6) is 11.5 Å². The van der Waals surface area contributed by atoms with Crippen molar-refractivity contribution >= 4 is 11.6 Å². The van der Waals surface area contributed by atoms with E-state index in [9.17, 15) is 4.79 Å². The standard InChI is InChI=1S/C21H26N2O3/c1-25-17-9-8-14(16-12-21(26-19(16)17)10-4-5-11-21)18-13-6-2-3-7-15(13)20(24)23-22-18/h8-9,13,15H,2-7,10-12H2,1H3,(H,23,24)/t13-,15+/m1/s1. The molecule has 0 saturated heterocycles. The van der Waals surface area contributed by atoms with Crippen molar-refractivity contribution in [1.82, 2.24) is 5.43 Å². The lowest BCUT2D eigenvalue weighted by molar-refractivity contribution is -0.127. The highest BCUT2D eigenvalue weighted by molar-refractivity contribution is 6.08. The van der Waals surface area contributed by atoms with E-state index in [4.69, 9.17) is 9.47 Å². The Bertz CT molecular complexity index is 780. The van der Waals surface area contributed by atoms with E-state index in [1.54, 1.807) is 7.11 Å². The van der Waals surface area contributed by atoms with E-state index in [2.05, 4.69) is 16.6 Å². The summed E-state index contributed by atoms with van der Waals surface area (Å²) in [5, 5.41) is 4.53. The van der Waals surface area contributed by atoms with Crippen LogP contribution in [0.25, 0.3) is 0 Å². The number of rotatable bonds is 2. The molecule has 0 radical (unpaired) electrons. The zero-order valence-electron chi connectivity index (χ0n) is 15.3. The Kier molecular flexibility index (Phi) is 3.73. The number of ether oxygens (including phenoxy) is 2. The van der Waals surface area contributed by atoms with Gasteiger partial charge in [-0.25, -0.2) is 5.43 Å². The highest BCUT2D eigenvalue weighted by atomic mass is 16.5.